The molecule has 0 fully saturated rings. The number of esters is 1. The van der Waals surface area contributed by atoms with E-state index in [-0.39, 0.29) is 18.1 Å². The first-order valence-corrected chi connectivity index (χ1v) is 4.88. The molecule has 2 N–H and O–H groups in total. The molecule has 0 amide bonds. The molecule has 0 heterocycles. The van der Waals surface area contributed by atoms with Crippen LogP contribution in [0.4, 0.5) is 0 Å². The molecule has 13 heavy (non-hydrogen) atoms. The van der Waals surface area contributed by atoms with Gasteiger partial charge in [-0.1, -0.05) is 13.8 Å². The maximum Gasteiger partial charge on any atom is 0.306 e. The van der Waals surface area contributed by atoms with Crippen LogP contribution in [0.2, 0.25) is 0 Å². The van der Waals surface area contributed by atoms with Crippen molar-refractivity contribution in [2.24, 2.45) is 11.7 Å². The summed E-state index contributed by atoms with van der Waals surface area (Å²) in [6, 6.07) is 0.0712. The Hall–Kier alpha value is -0.570. The fourth-order valence-corrected chi connectivity index (χ4v) is 0.748. The van der Waals surface area contributed by atoms with Gasteiger partial charge in [0.25, 0.3) is 0 Å². The van der Waals surface area contributed by atoms with Crippen molar-refractivity contribution in [2.75, 3.05) is 0 Å². The maximum absolute atomic E-state index is 11.2. The predicted octanol–water partition coefficient (Wildman–Crippen LogP) is 1.70. The first-order chi connectivity index (χ1) is 5.93. The molecule has 0 aromatic rings. The van der Waals surface area contributed by atoms with E-state index < -0.39 is 0 Å². The molecule has 0 bridgehead atoms. The number of nitrogens with two attached hydrogens (primary N) is 1. The van der Waals surface area contributed by atoms with Crippen LogP contribution in [-0.2, 0) is 9.53 Å². The topological polar surface area (TPSA) is 52.3 Å². The third-order valence-corrected chi connectivity index (χ3v) is 2.06. The van der Waals surface area contributed by atoms with Crippen molar-refractivity contribution in [3.05, 3.63) is 0 Å². The highest BCUT2D eigenvalue weighted by molar-refractivity contribution is 5.69. The quantitative estimate of drug-likeness (QED) is 0.666. The van der Waals surface area contributed by atoms with Gasteiger partial charge in [-0.3, -0.25) is 4.79 Å². The van der Waals surface area contributed by atoms with E-state index in [1.165, 1.54) is 0 Å². The van der Waals surface area contributed by atoms with Gasteiger partial charge in [0.1, 0.15) is 6.10 Å². The van der Waals surface area contributed by atoms with Gasteiger partial charge in [0.15, 0.2) is 0 Å². The lowest BCUT2D eigenvalue weighted by Gasteiger charge is -2.16. The standard InChI is InChI=1S/C10H21NO2/c1-7(2)9(4)13-10(12)6-5-8(3)11/h7-9H,5-6,11H2,1-4H3. The average molecular weight is 187 g/mol. The van der Waals surface area contributed by atoms with E-state index in [9.17, 15) is 4.79 Å². The van der Waals surface area contributed by atoms with Crippen LogP contribution in [-0.4, -0.2) is 18.1 Å². The Morgan fingerprint density at radius 3 is 2.23 bits per heavy atom. The Morgan fingerprint density at radius 1 is 1.31 bits per heavy atom. The summed E-state index contributed by atoms with van der Waals surface area (Å²) in [6.07, 6.45) is 1.12. The summed E-state index contributed by atoms with van der Waals surface area (Å²) in [6.45, 7) is 7.86. The van der Waals surface area contributed by atoms with Crippen molar-refractivity contribution >= 4 is 5.97 Å². The molecular weight excluding hydrogens is 166 g/mol. The average Bonchev–Trinajstić information content (AvgIpc) is 2.00. The van der Waals surface area contributed by atoms with E-state index in [0.29, 0.717) is 18.8 Å². The molecule has 2 atom stereocenters. The highest BCUT2D eigenvalue weighted by atomic mass is 16.5. The molecular formula is C10H21NO2. The minimum absolute atomic E-state index is 0.000538. The van der Waals surface area contributed by atoms with E-state index in [2.05, 4.69) is 0 Å². The van der Waals surface area contributed by atoms with Crippen LogP contribution in [0.3, 0.4) is 0 Å². The van der Waals surface area contributed by atoms with Gasteiger partial charge < -0.3 is 10.5 Å². The second kappa shape index (κ2) is 5.97. The van der Waals surface area contributed by atoms with Crippen LogP contribution in [0, 0.1) is 5.92 Å². The fourth-order valence-electron chi connectivity index (χ4n) is 0.748. The summed E-state index contributed by atoms with van der Waals surface area (Å²) < 4.78 is 5.17. The lowest BCUT2D eigenvalue weighted by Crippen LogP contribution is -2.22. The number of carbonyl (C=O) groups excluding carboxylic acids is 1. The third kappa shape index (κ3) is 6.58. The minimum Gasteiger partial charge on any atom is -0.462 e. The van der Waals surface area contributed by atoms with E-state index in [0.717, 1.165) is 0 Å². The third-order valence-electron chi connectivity index (χ3n) is 2.06. The van der Waals surface area contributed by atoms with Crippen LogP contribution in [0.1, 0.15) is 40.5 Å². The maximum atomic E-state index is 11.2. The largest absolute Gasteiger partial charge is 0.462 e. The SMILES string of the molecule is CC(N)CCC(=O)OC(C)C(C)C. The van der Waals surface area contributed by atoms with E-state index in [4.69, 9.17) is 10.5 Å². The molecule has 0 aromatic carbocycles. The molecule has 0 aliphatic heterocycles. The second-order valence-electron chi connectivity index (χ2n) is 3.95. The number of hydrogen-bond acceptors (Lipinski definition) is 3. The number of ether oxygens (including phenoxy) is 1. The Bertz CT molecular complexity index is 155. The molecule has 3 heteroatoms. The Labute approximate surface area is 80.6 Å². The molecule has 0 saturated carbocycles. The molecule has 0 aliphatic rings. The second-order valence-corrected chi connectivity index (χ2v) is 3.95. The van der Waals surface area contributed by atoms with Crippen molar-refractivity contribution in [1.29, 1.82) is 0 Å². The van der Waals surface area contributed by atoms with Gasteiger partial charge in [-0.05, 0) is 26.2 Å². The number of rotatable bonds is 5. The van der Waals surface area contributed by atoms with Crippen LogP contribution in [0.15, 0.2) is 0 Å². The Balaban J connectivity index is 3.62. The van der Waals surface area contributed by atoms with Gasteiger partial charge in [-0.15, -0.1) is 0 Å². The smallest absolute Gasteiger partial charge is 0.306 e. The van der Waals surface area contributed by atoms with Crippen molar-refractivity contribution in [1.82, 2.24) is 0 Å². The van der Waals surface area contributed by atoms with Gasteiger partial charge in [0, 0.05) is 12.5 Å². The van der Waals surface area contributed by atoms with Crippen molar-refractivity contribution in [3.8, 4) is 0 Å². The van der Waals surface area contributed by atoms with Gasteiger partial charge in [-0.2, -0.15) is 0 Å². The summed E-state index contributed by atoms with van der Waals surface area (Å²) in [4.78, 5) is 11.2. The highest BCUT2D eigenvalue weighted by Crippen LogP contribution is 2.07. The normalized spacial score (nSPS) is 15.5. The fraction of sp³-hybridized carbons (Fsp3) is 0.900. The number of hydrogen-bond donors (Lipinski definition) is 1. The summed E-state index contributed by atoms with van der Waals surface area (Å²) in [5.41, 5.74) is 5.52. The lowest BCUT2D eigenvalue weighted by molar-refractivity contribution is -0.150. The zero-order chi connectivity index (χ0) is 10.4. The van der Waals surface area contributed by atoms with Crippen LogP contribution in [0.25, 0.3) is 0 Å². The van der Waals surface area contributed by atoms with Crippen molar-refractivity contribution in [2.45, 2.75) is 52.7 Å². The molecule has 0 rings (SSSR count). The van der Waals surface area contributed by atoms with Gasteiger partial charge >= 0.3 is 5.97 Å². The van der Waals surface area contributed by atoms with E-state index >= 15 is 0 Å². The molecule has 0 aromatic heterocycles. The molecule has 0 saturated heterocycles. The highest BCUT2D eigenvalue weighted by Gasteiger charge is 2.12. The van der Waals surface area contributed by atoms with Gasteiger partial charge in [-0.25, -0.2) is 0 Å². The van der Waals surface area contributed by atoms with E-state index in [1.807, 2.05) is 27.7 Å². The van der Waals surface area contributed by atoms with Crippen molar-refractivity contribution < 1.29 is 9.53 Å². The summed E-state index contributed by atoms with van der Waals surface area (Å²) in [5, 5.41) is 0. The minimum atomic E-state index is -0.140. The first kappa shape index (κ1) is 12.4. The zero-order valence-corrected chi connectivity index (χ0v) is 9.04. The summed E-state index contributed by atoms with van der Waals surface area (Å²) in [5.74, 6) is 0.234. The van der Waals surface area contributed by atoms with Crippen LogP contribution < -0.4 is 5.73 Å². The number of carbonyl (C=O) groups is 1. The molecule has 0 spiro atoms. The Kier molecular flexibility index (Phi) is 5.71. The lowest BCUT2D eigenvalue weighted by atomic mass is 10.1. The van der Waals surface area contributed by atoms with Gasteiger partial charge in [0.2, 0.25) is 0 Å². The van der Waals surface area contributed by atoms with Crippen LogP contribution >= 0.6 is 0 Å². The predicted molar refractivity (Wildman–Crippen MR) is 53.3 cm³/mol. The van der Waals surface area contributed by atoms with Gasteiger partial charge in [0.05, 0.1) is 0 Å². The summed E-state index contributed by atoms with van der Waals surface area (Å²) in [7, 11) is 0. The molecule has 78 valence electrons. The molecule has 0 aliphatic carbocycles. The first-order valence-electron chi connectivity index (χ1n) is 4.88. The zero-order valence-electron chi connectivity index (χ0n) is 9.04. The monoisotopic (exact) mass is 187 g/mol. The van der Waals surface area contributed by atoms with Crippen molar-refractivity contribution in [3.63, 3.8) is 0 Å². The molecule has 2 unspecified atom stereocenters. The molecule has 3 nitrogen and oxygen atoms in total. The Morgan fingerprint density at radius 2 is 1.85 bits per heavy atom. The van der Waals surface area contributed by atoms with Crippen LogP contribution in [0.5, 0.6) is 0 Å². The summed E-state index contributed by atoms with van der Waals surface area (Å²) >= 11 is 0. The van der Waals surface area contributed by atoms with E-state index in [1.54, 1.807) is 0 Å². The molecule has 0 radical (unpaired) electrons.